The summed E-state index contributed by atoms with van der Waals surface area (Å²) in [7, 11) is 0. The van der Waals surface area contributed by atoms with Crippen molar-refractivity contribution >= 4 is 11.4 Å². The average Bonchev–Trinajstić information content (AvgIpc) is 2.99. The Morgan fingerprint density at radius 2 is 1.96 bits per heavy atom. The first-order valence-electron chi connectivity index (χ1n) is 8.08. The minimum Gasteiger partial charge on any atom is -0.354 e. The first-order valence-corrected chi connectivity index (χ1v) is 8.08. The molecule has 0 atom stereocenters. The summed E-state index contributed by atoms with van der Waals surface area (Å²) < 4.78 is 16.0. The summed E-state index contributed by atoms with van der Waals surface area (Å²) in [4.78, 5) is 24.3. The molecule has 0 fully saturated rings. The van der Waals surface area contributed by atoms with E-state index in [1.807, 2.05) is 13.8 Å². The molecule has 0 unspecified atom stereocenters. The molecule has 1 aromatic carbocycles. The van der Waals surface area contributed by atoms with Crippen LogP contribution in [0, 0.1) is 5.82 Å². The van der Waals surface area contributed by atoms with Crippen molar-refractivity contribution in [2.45, 2.75) is 32.9 Å². The minimum absolute atomic E-state index is 0.0693. The standard InChI is InChI=1S/C18H19FN4O2/c1-12(2)20-17(24)7-8-22-9-10-23-16(18(22)25)11-15(21-23)13-3-5-14(19)6-4-13/h3-6,9-12H,7-8H2,1-2H3,(H,20,24). The van der Waals surface area contributed by atoms with Crippen LogP contribution in [0.15, 0.2) is 47.5 Å². The van der Waals surface area contributed by atoms with Gasteiger partial charge in [-0.3, -0.25) is 9.59 Å². The Morgan fingerprint density at radius 1 is 1.24 bits per heavy atom. The van der Waals surface area contributed by atoms with Gasteiger partial charge in [0.15, 0.2) is 0 Å². The van der Waals surface area contributed by atoms with E-state index in [4.69, 9.17) is 0 Å². The molecule has 0 aliphatic carbocycles. The lowest BCUT2D eigenvalue weighted by Gasteiger charge is -2.09. The summed E-state index contributed by atoms with van der Waals surface area (Å²) in [6.45, 7) is 4.07. The number of amides is 1. The molecule has 3 rings (SSSR count). The first kappa shape index (κ1) is 16.9. The van der Waals surface area contributed by atoms with Crippen LogP contribution in [-0.4, -0.2) is 26.1 Å². The largest absolute Gasteiger partial charge is 0.354 e. The van der Waals surface area contributed by atoms with E-state index in [-0.39, 0.29) is 29.7 Å². The number of halogens is 1. The Morgan fingerprint density at radius 3 is 2.64 bits per heavy atom. The summed E-state index contributed by atoms with van der Waals surface area (Å²) in [6.07, 6.45) is 3.51. The lowest BCUT2D eigenvalue weighted by Crippen LogP contribution is -2.32. The van der Waals surface area contributed by atoms with Gasteiger partial charge in [-0.2, -0.15) is 5.10 Å². The second-order valence-electron chi connectivity index (χ2n) is 6.14. The van der Waals surface area contributed by atoms with Gasteiger partial charge in [0.25, 0.3) is 5.56 Å². The zero-order chi connectivity index (χ0) is 18.0. The van der Waals surface area contributed by atoms with E-state index in [2.05, 4.69) is 10.4 Å². The van der Waals surface area contributed by atoms with Gasteiger partial charge < -0.3 is 9.88 Å². The van der Waals surface area contributed by atoms with E-state index in [1.165, 1.54) is 21.2 Å². The van der Waals surface area contributed by atoms with E-state index in [0.717, 1.165) is 5.56 Å². The molecule has 0 spiro atoms. The van der Waals surface area contributed by atoms with Gasteiger partial charge in [0, 0.05) is 37.0 Å². The lowest BCUT2D eigenvalue weighted by atomic mass is 10.1. The number of fused-ring (bicyclic) bond motifs is 1. The van der Waals surface area contributed by atoms with Crippen LogP contribution in [0.5, 0.6) is 0 Å². The Bertz CT molecular complexity index is 957. The molecule has 7 heteroatoms. The summed E-state index contributed by atoms with van der Waals surface area (Å²) in [5.41, 5.74) is 1.51. The second kappa shape index (κ2) is 6.88. The van der Waals surface area contributed by atoms with E-state index in [9.17, 15) is 14.0 Å². The zero-order valence-corrected chi connectivity index (χ0v) is 14.1. The van der Waals surface area contributed by atoms with Gasteiger partial charge in [0.1, 0.15) is 11.3 Å². The van der Waals surface area contributed by atoms with Crippen LogP contribution in [0.2, 0.25) is 0 Å². The molecule has 3 aromatic rings. The van der Waals surface area contributed by atoms with E-state index < -0.39 is 0 Å². The Hall–Kier alpha value is -2.96. The third-order valence-corrected chi connectivity index (χ3v) is 3.77. The predicted molar refractivity (Wildman–Crippen MR) is 92.7 cm³/mol. The lowest BCUT2D eigenvalue weighted by molar-refractivity contribution is -0.121. The molecule has 6 nitrogen and oxygen atoms in total. The third-order valence-electron chi connectivity index (χ3n) is 3.77. The van der Waals surface area contributed by atoms with E-state index >= 15 is 0 Å². The van der Waals surface area contributed by atoms with Gasteiger partial charge in [0.05, 0.1) is 5.69 Å². The molecule has 25 heavy (non-hydrogen) atoms. The highest BCUT2D eigenvalue weighted by molar-refractivity contribution is 5.76. The number of carbonyl (C=O) groups is 1. The second-order valence-corrected chi connectivity index (χ2v) is 6.14. The smallest absolute Gasteiger partial charge is 0.276 e. The van der Waals surface area contributed by atoms with Crippen LogP contribution in [0.25, 0.3) is 16.8 Å². The molecule has 2 aromatic heterocycles. The molecule has 1 N–H and O–H groups in total. The van der Waals surface area contributed by atoms with E-state index in [0.29, 0.717) is 17.8 Å². The SMILES string of the molecule is CC(C)NC(=O)CCn1ccn2nc(-c3ccc(F)cc3)cc2c1=O. The number of benzene rings is 1. The number of hydrogen-bond acceptors (Lipinski definition) is 3. The highest BCUT2D eigenvalue weighted by Gasteiger charge is 2.10. The molecule has 0 aliphatic heterocycles. The fourth-order valence-corrected chi connectivity index (χ4v) is 2.58. The fourth-order valence-electron chi connectivity index (χ4n) is 2.58. The van der Waals surface area contributed by atoms with E-state index in [1.54, 1.807) is 30.6 Å². The molecule has 0 saturated heterocycles. The topological polar surface area (TPSA) is 68.4 Å². The minimum atomic E-state index is -0.324. The molecule has 0 aliphatic rings. The van der Waals surface area contributed by atoms with Crippen molar-refractivity contribution in [3.8, 4) is 11.3 Å². The quantitative estimate of drug-likeness (QED) is 0.773. The summed E-state index contributed by atoms with van der Waals surface area (Å²) in [6, 6.07) is 7.67. The average molecular weight is 342 g/mol. The first-order chi connectivity index (χ1) is 11.9. The van der Waals surface area contributed by atoms with Gasteiger partial charge >= 0.3 is 0 Å². The summed E-state index contributed by atoms with van der Waals surface area (Å²) in [5.74, 6) is -0.420. The molecule has 2 heterocycles. The monoisotopic (exact) mass is 342 g/mol. The van der Waals surface area contributed by atoms with Crippen LogP contribution < -0.4 is 10.9 Å². The number of carbonyl (C=O) groups excluding carboxylic acids is 1. The number of nitrogens with zero attached hydrogens (tertiary/aromatic N) is 3. The van der Waals surface area contributed by atoms with Gasteiger partial charge in [0.2, 0.25) is 5.91 Å². The van der Waals surface area contributed by atoms with Crippen molar-refractivity contribution in [2.24, 2.45) is 0 Å². The fraction of sp³-hybridized carbons (Fsp3) is 0.278. The van der Waals surface area contributed by atoms with Crippen LogP contribution in [0.1, 0.15) is 20.3 Å². The maximum absolute atomic E-state index is 13.0. The maximum atomic E-state index is 13.0. The maximum Gasteiger partial charge on any atom is 0.276 e. The molecular weight excluding hydrogens is 323 g/mol. The number of nitrogens with one attached hydrogen (secondary N) is 1. The Kier molecular flexibility index (Phi) is 4.65. The van der Waals surface area contributed by atoms with Gasteiger partial charge in [-0.05, 0) is 44.2 Å². The van der Waals surface area contributed by atoms with Crippen LogP contribution in [-0.2, 0) is 11.3 Å². The summed E-state index contributed by atoms with van der Waals surface area (Å²) in [5, 5.41) is 7.15. The number of hydrogen-bond donors (Lipinski definition) is 1. The van der Waals surface area contributed by atoms with Gasteiger partial charge in [-0.25, -0.2) is 8.91 Å². The Balaban J connectivity index is 1.86. The van der Waals surface area contributed by atoms with Crippen LogP contribution in [0.3, 0.4) is 0 Å². The van der Waals surface area contributed by atoms with Crippen molar-refractivity contribution < 1.29 is 9.18 Å². The van der Waals surface area contributed by atoms with Crippen molar-refractivity contribution in [1.82, 2.24) is 19.5 Å². The summed E-state index contributed by atoms with van der Waals surface area (Å²) >= 11 is 0. The molecule has 0 radical (unpaired) electrons. The van der Waals surface area contributed by atoms with Crippen molar-refractivity contribution in [2.75, 3.05) is 0 Å². The molecule has 130 valence electrons. The molecule has 1 amide bonds. The third kappa shape index (κ3) is 3.76. The van der Waals surface area contributed by atoms with Crippen molar-refractivity contribution in [3.63, 3.8) is 0 Å². The normalized spacial score (nSPS) is 11.2. The highest BCUT2D eigenvalue weighted by atomic mass is 19.1. The van der Waals surface area contributed by atoms with Crippen molar-refractivity contribution in [3.05, 3.63) is 58.9 Å². The zero-order valence-electron chi connectivity index (χ0n) is 14.1. The Labute approximate surface area is 143 Å². The number of aromatic nitrogens is 3. The predicted octanol–water partition coefficient (Wildman–Crippen LogP) is 2.22. The van der Waals surface area contributed by atoms with Gasteiger partial charge in [-0.15, -0.1) is 0 Å². The van der Waals surface area contributed by atoms with Gasteiger partial charge in [-0.1, -0.05) is 0 Å². The van der Waals surface area contributed by atoms with Crippen LogP contribution in [0.4, 0.5) is 4.39 Å². The van der Waals surface area contributed by atoms with Crippen molar-refractivity contribution in [1.29, 1.82) is 0 Å². The molecule has 0 saturated carbocycles. The highest BCUT2D eigenvalue weighted by Crippen LogP contribution is 2.18. The molecular formula is C18H19FN4O2. The van der Waals surface area contributed by atoms with Crippen LogP contribution >= 0.6 is 0 Å². The number of aryl methyl sites for hydroxylation is 1. The number of rotatable bonds is 5. The molecule has 0 bridgehead atoms.